The van der Waals surface area contributed by atoms with Gasteiger partial charge in [-0.25, -0.2) is 0 Å². The fraction of sp³-hybridized carbons (Fsp3) is 0.468. The molecular formula is C47H59N. The Morgan fingerprint density at radius 2 is 1.00 bits per heavy atom. The zero-order chi connectivity index (χ0) is 34.6. The SMILES string of the molecule is CC(C)c1cc(-c2cc3c(C(C)C)c(-c4ccc5c(C(C)C)ccc(C(C)C)c5c4)cc(C(C)C)c3cn2)c(C(C)C)c2c1CCCC2. The Hall–Kier alpha value is -3.45. The Labute approximate surface area is 291 Å². The highest BCUT2D eigenvalue weighted by atomic mass is 14.7. The molecule has 0 spiro atoms. The second-order valence-electron chi connectivity index (χ2n) is 16.6. The first-order valence-electron chi connectivity index (χ1n) is 19.0. The molecule has 1 aromatic heterocycles. The normalized spacial score (nSPS) is 13.8. The molecule has 5 aromatic rings. The zero-order valence-corrected chi connectivity index (χ0v) is 31.9. The number of hydrogen-bond donors (Lipinski definition) is 0. The molecule has 1 aliphatic carbocycles. The van der Waals surface area contributed by atoms with Crippen molar-refractivity contribution in [2.75, 3.05) is 0 Å². The van der Waals surface area contributed by atoms with Gasteiger partial charge in [0.2, 0.25) is 0 Å². The molecule has 4 aromatic carbocycles. The molecule has 1 heteroatoms. The first kappa shape index (κ1) is 34.4. The van der Waals surface area contributed by atoms with Crippen molar-refractivity contribution in [2.45, 2.75) is 144 Å². The quantitative estimate of drug-likeness (QED) is 0.165. The summed E-state index contributed by atoms with van der Waals surface area (Å²) in [4.78, 5) is 5.31. The van der Waals surface area contributed by atoms with Crippen LogP contribution in [-0.4, -0.2) is 4.98 Å². The fourth-order valence-electron chi connectivity index (χ4n) is 8.81. The monoisotopic (exact) mass is 637 g/mol. The van der Waals surface area contributed by atoms with E-state index in [0.717, 1.165) is 5.69 Å². The molecule has 0 amide bonds. The van der Waals surface area contributed by atoms with E-state index in [2.05, 4.69) is 138 Å². The summed E-state index contributed by atoms with van der Waals surface area (Å²) >= 11 is 0. The van der Waals surface area contributed by atoms with Crippen molar-refractivity contribution >= 4 is 21.5 Å². The van der Waals surface area contributed by atoms with Gasteiger partial charge in [-0.05, 0) is 157 Å². The third kappa shape index (κ3) is 6.01. The Bertz CT molecular complexity index is 1980. The lowest BCUT2D eigenvalue weighted by atomic mass is 9.76. The first-order chi connectivity index (χ1) is 22.8. The zero-order valence-electron chi connectivity index (χ0n) is 31.9. The molecule has 0 radical (unpaired) electrons. The molecule has 0 fully saturated rings. The number of aromatic nitrogens is 1. The van der Waals surface area contributed by atoms with Crippen LogP contribution in [0, 0.1) is 0 Å². The Morgan fingerprint density at radius 3 is 1.58 bits per heavy atom. The van der Waals surface area contributed by atoms with Crippen molar-refractivity contribution in [2.24, 2.45) is 0 Å². The highest BCUT2D eigenvalue weighted by molar-refractivity contribution is 5.99. The predicted octanol–water partition coefficient (Wildman–Crippen LogP) is 14.3. The molecular weight excluding hydrogens is 579 g/mol. The average molecular weight is 638 g/mol. The van der Waals surface area contributed by atoms with E-state index in [9.17, 15) is 0 Å². The highest BCUT2D eigenvalue weighted by Gasteiger charge is 2.26. The van der Waals surface area contributed by atoms with Crippen molar-refractivity contribution in [1.29, 1.82) is 0 Å². The van der Waals surface area contributed by atoms with Crippen LogP contribution in [0.1, 0.15) is 176 Å². The van der Waals surface area contributed by atoms with Gasteiger partial charge in [0.05, 0.1) is 5.69 Å². The Morgan fingerprint density at radius 1 is 0.438 bits per heavy atom. The number of benzene rings is 4. The fourth-order valence-corrected chi connectivity index (χ4v) is 8.81. The van der Waals surface area contributed by atoms with Gasteiger partial charge in [0.25, 0.3) is 0 Å². The van der Waals surface area contributed by atoms with E-state index in [1.54, 1.807) is 11.1 Å². The average Bonchev–Trinajstić information content (AvgIpc) is 3.04. The van der Waals surface area contributed by atoms with Gasteiger partial charge in [-0.1, -0.05) is 107 Å². The molecule has 0 saturated carbocycles. The van der Waals surface area contributed by atoms with Crippen molar-refractivity contribution in [3.8, 4) is 22.4 Å². The van der Waals surface area contributed by atoms with Crippen LogP contribution in [0.5, 0.6) is 0 Å². The topological polar surface area (TPSA) is 12.9 Å². The summed E-state index contributed by atoms with van der Waals surface area (Å²) in [5.74, 6) is 2.66. The van der Waals surface area contributed by atoms with Crippen LogP contribution < -0.4 is 0 Å². The summed E-state index contributed by atoms with van der Waals surface area (Å²) < 4.78 is 0. The van der Waals surface area contributed by atoms with Crippen LogP contribution in [0.4, 0.5) is 0 Å². The highest BCUT2D eigenvalue weighted by Crippen LogP contribution is 2.45. The van der Waals surface area contributed by atoms with Gasteiger partial charge < -0.3 is 0 Å². The Balaban J connectivity index is 1.67. The molecule has 1 nitrogen and oxygen atoms in total. The molecule has 0 saturated heterocycles. The summed E-state index contributed by atoms with van der Waals surface area (Å²) in [6.45, 7) is 28.2. The van der Waals surface area contributed by atoms with Crippen molar-refractivity contribution in [1.82, 2.24) is 4.98 Å². The minimum absolute atomic E-state index is 0.362. The number of fused-ring (bicyclic) bond motifs is 3. The molecule has 0 bridgehead atoms. The van der Waals surface area contributed by atoms with Crippen molar-refractivity contribution in [3.63, 3.8) is 0 Å². The van der Waals surface area contributed by atoms with Crippen molar-refractivity contribution in [3.05, 3.63) is 99.2 Å². The second kappa shape index (κ2) is 13.5. The van der Waals surface area contributed by atoms with Crippen molar-refractivity contribution < 1.29 is 0 Å². The van der Waals surface area contributed by atoms with Crippen LogP contribution in [0.3, 0.4) is 0 Å². The van der Waals surface area contributed by atoms with E-state index >= 15 is 0 Å². The van der Waals surface area contributed by atoms with Gasteiger partial charge in [0.15, 0.2) is 0 Å². The third-order valence-electron chi connectivity index (χ3n) is 11.1. The molecule has 0 aliphatic heterocycles. The molecule has 0 N–H and O–H groups in total. The minimum atomic E-state index is 0.362. The molecule has 1 heterocycles. The van der Waals surface area contributed by atoms with E-state index in [-0.39, 0.29) is 0 Å². The molecule has 0 atom stereocenters. The Kier molecular flexibility index (Phi) is 9.65. The minimum Gasteiger partial charge on any atom is -0.256 e. The standard InChI is InChI=1S/C47H59N/c1-26(2)33-19-20-34(27(3)4)41-21-32(17-18-36(33)41)40-22-39(29(7)8)44-25-48-45(24-42(44)47(40)31(11)12)43-23-38(28(5)6)35-15-13-14-16-37(35)46(43)30(9)10/h17-31H,13-16H2,1-12H3. The van der Waals surface area contributed by atoms with Crippen LogP contribution in [0.25, 0.3) is 43.9 Å². The van der Waals surface area contributed by atoms with Gasteiger partial charge in [0.1, 0.15) is 0 Å². The number of nitrogens with zero attached hydrogens (tertiary/aromatic N) is 1. The van der Waals surface area contributed by atoms with Crippen LogP contribution in [0.2, 0.25) is 0 Å². The van der Waals surface area contributed by atoms with E-state index in [0.29, 0.717) is 35.5 Å². The summed E-state index contributed by atoms with van der Waals surface area (Å²) in [7, 11) is 0. The summed E-state index contributed by atoms with van der Waals surface area (Å²) in [5.41, 5.74) is 17.2. The molecule has 0 unspecified atom stereocenters. The molecule has 252 valence electrons. The first-order valence-corrected chi connectivity index (χ1v) is 19.0. The number of pyridine rings is 1. The van der Waals surface area contributed by atoms with Gasteiger partial charge in [-0.3, -0.25) is 4.98 Å². The maximum atomic E-state index is 5.31. The van der Waals surface area contributed by atoms with E-state index in [1.165, 1.54) is 97.3 Å². The molecule has 48 heavy (non-hydrogen) atoms. The van der Waals surface area contributed by atoms with E-state index < -0.39 is 0 Å². The maximum absolute atomic E-state index is 5.31. The van der Waals surface area contributed by atoms with E-state index in [4.69, 9.17) is 4.98 Å². The number of rotatable bonds is 8. The van der Waals surface area contributed by atoms with Gasteiger partial charge in [-0.2, -0.15) is 0 Å². The van der Waals surface area contributed by atoms with Crippen LogP contribution in [0.15, 0.2) is 54.7 Å². The lowest BCUT2D eigenvalue weighted by molar-refractivity contribution is 0.657. The molecule has 6 rings (SSSR count). The lowest BCUT2D eigenvalue weighted by Crippen LogP contribution is -2.13. The van der Waals surface area contributed by atoms with Crippen LogP contribution in [-0.2, 0) is 12.8 Å². The molecule has 1 aliphatic rings. The summed E-state index contributed by atoms with van der Waals surface area (Å²) in [6.07, 6.45) is 7.22. The second-order valence-corrected chi connectivity index (χ2v) is 16.6. The lowest BCUT2D eigenvalue weighted by Gasteiger charge is -2.29. The summed E-state index contributed by atoms with van der Waals surface area (Å²) in [6, 6.07) is 19.5. The third-order valence-corrected chi connectivity index (χ3v) is 11.1. The maximum Gasteiger partial charge on any atom is 0.0711 e. The smallest absolute Gasteiger partial charge is 0.0711 e. The largest absolute Gasteiger partial charge is 0.256 e. The van der Waals surface area contributed by atoms with Gasteiger partial charge in [0, 0.05) is 17.1 Å². The van der Waals surface area contributed by atoms with Gasteiger partial charge in [-0.15, -0.1) is 0 Å². The van der Waals surface area contributed by atoms with Crippen LogP contribution >= 0.6 is 0 Å². The predicted molar refractivity (Wildman–Crippen MR) is 211 cm³/mol. The summed E-state index contributed by atoms with van der Waals surface area (Å²) in [5, 5.41) is 5.48. The number of hydrogen-bond acceptors (Lipinski definition) is 1. The van der Waals surface area contributed by atoms with Gasteiger partial charge >= 0.3 is 0 Å². The van der Waals surface area contributed by atoms with E-state index in [1.807, 2.05) is 0 Å².